The summed E-state index contributed by atoms with van der Waals surface area (Å²) in [7, 11) is 0. The maximum Gasteiger partial charge on any atom is 0.257 e. The minimum Gasteiger partial charge on any atom is -0.454 e. The maximum absolute atomic E-state index is 13.8. The third-order valence-electron chi connectivity index (χ3n) is 4.77. The van der Waals surface area contributed by atoms with Crippen LogP contribution in [0.5, 0.6) is 11.5 Å². The molecule has 2 aromatic carbocycles. The van der Waals surface area contributed by atoms with Gasteiger partial charge in [-0.25, -0.2) is 18.3 Å². The van der Waals surface area contributed by atoms with Crippen molar-refractivity contribution in [1.29, 1.82) is 0 Å². The van der Waals surface area contributed by atoms with Crippen molar-refractivity contribution in [1.82, 2.24) is 19.9 Å². The molecule has 3 heterocycles. The summed E-state index contributed by atoms with van der Waals surface area (Å²) >= 11 is 0. The smallest absolute Gasteiger partial charge is 0.257 e. The monoisotopic (exact) mass is 408 g/mol. The first-order valence-electron chi connectivity index (χ1n) is 9.05. The van der Waals surface area contributed by atoms with E-state index in [0.29, 0.717) is 22.8 Å². The summed E-state index contributed by atoms with van der Waals surface area (Å²) in [5.74, 6) is -0.575. The fourth-order valence-electron chi connectivity index (χ4n) is 3.26. The molecule has 0 atom stereocenters. The first-order valence-corrected chi connectivity index (χ1v) is 9.05. The van der Waals surface area contributed by atoms with Crippen LogP contribution in [0.25, 0.3) is 16.9 Å². The van der Waals surface area contributed by atoms with E-state index in [1.807, 2.05) is 12.1 Å². The molecule has 0 bridgehead atoms. The van der Waals surface area contributed by atoms with Gasteiger partial charge in [0.05, 0.1) is 11.9 Å². The molecule has 2 aromatic heterocycles. The van der Waals surface area contributed by atoms with Gasteiger partial charge in [-0.2, -0.15) is 5.10 Å². The molecule has 9 heteroatoms. The average Bonchev–Trinajstić information content (AvgIpc) is 3.39. The average molecular weight is 408 g/mol. The van der Waals surface area contributed by atoms with Gasteiger partial charge in [0.15, 0.2) is 17.1 Å². The van der Waals surface area contributed by atoms with E-state index >= 15 is 0 Å². The maximum atomic E-state index is 13.8. The third kappa shape index (κ3) is 3.10. The molecule has 5 rings (SSSR count). The van der Waals surface area contributed by atoms with Crippen molar-refractivity contribution in [3.8, 4) is 22.8 Å². The Morgan fingerprint density at radius 2 is 1.97 bits per heavy atom. The summed E-state index contributed by atoms with van der Waals surface area (Å²) in [4.78, 5) is 16.9. The molecule has 1 aliphatic rings. The minimum absolute atomic E-state index is 0.0931. The van der Waals surface area contributed by atoms with Gasteiger partial charge >= 0.3 is 0 Å². The normalized spacial score (nSPS) is 12.3. The first-order chi connectivity index (χ1) is 14.6. The van der Waals surface area contributed by atoms with Gasteiger partial charge in [0.2, 0.25) is 6.79 Å². The number of amides is 1. The topological polar surface area (TPSA) is 77.8 Å². The number of ether oxygens (including phenoxy) is 2. The highest BCUT2D eigenvalue weighted by Crippen LogP contribution is 2.35. The summed E-state index contributed by atoms with van der Waals surface area (Å²) < 4.78 is 39.1. The number of carbonyl (C=O) groups excluding carboxylic acids is 1. The van der Waals surface area contributed by atoms with E-state index in [1.54, 1.807) is 22.8 Å². The van der Waals surface area contributed by atoms with Crippen molar-refractivity contribution >= 4 is 11.6 Å². The molecule has 1 amide bonds. The quantitative estimate of drug-likeness (QED) is 0.561. The molecule has 150 valence electrons. The molecule has 0 aliphatic carbocycles. The van der Waals surface area contributed by atoms with Crippen molar-refractivity contribution in [2.75, 3.05) is 6.79 Å². The van der Waals surface area contributed by atoms with Crippen molar-refractivity contribution in [3.05, 3.63) is 77.6 Å². The highest BCUT2D eigenvalue weighted by atomic mass is 19.1. The van der Waals surface area contributed by atoms with Gasteiger partial charge in [-0.1, -0.05) is 6.07 Å². The van der Waals surface area contributed by atoms with Crippen molar-refractivity contribution in [3.63, 3.8) is 0 Å². The summed E-state index contributed by atoms with van der Waals surface area (Å²) in [5.41, 5.74) is 2.29. The second-order valence-corrected chi connectivity index (χ2v) is 6.61. The van der Waals surface area contributed by atoms with Gasteiger partial charge in [-0.3, -0.25) is 4.79 Å². The number of aromatic nitrogens is 3. The SMILES string of the molecule is O=C(NCc1ccc(F)cc1F)c1cnn2c(-c3ccc4c(c3)OCO4)ccnc12. The van der Waals surface area contributed by atoms with Crippen LogP contribution in [0.2, 0.25) is 0 Å². The van der Waals surface area contributed by atoms with E-state index in [0.717, 1.165) is 17.7 Å². The number of fused-ring (bicyclic) bond motifs is 2. The minimum atomic E-state index is -0.724. The molecule has 0 unspecified atom stereocenters. The lowest BCUT2D eigenvalue weighted by Gasteiger charge is -2.07. The van der Waals surface area contributed by atoms with E-state index in [4.69, 9.17) is 9.47 Å². The summed E-state index contributed by atoms with van der Waals surface area (Å²) in [5, 5.41) is 6.91. The summed E-state index contributed by atoms with van der Waals surface area (Å²) in [6.45, 7) is 0.0788. The zero-order valence-electron chi connectivity index (χ0n) is 15.4. The Labute approximate surface area is 168 Å². The molecule has 1 aliphatic heterocycles. The van der Waals surface area contributed by atoms with Crippen LogP contribution >= 0.6 is 0 Å². The molecule has 0 saturated carbocycles. The van der Waals surface area contributed by atoms with E-state index in [1.165, 1.54) is 12.3 Å². The standard InChI is InChI=1S/C21H14F2N4O3/c22-14-3-1-13(16(23)8-14)9-25-21(28)15-10-26-27-17(5-6-24-20(15)27)12-2-4-18-19(7-12)30-11-29-18/h1-8,10H,9,11H2,(H,25,28). The Bertz CT molecular complexity index is 1290. The Hall–Kier alpha value is -4.01. The zero-order valence-corrected chi connectivity index (χ0v) is 15.4. The molecule has 0 spiro atoms. The van der Waals surface area contributed by atoms with Crippen molar-refractivity contribution in [2.24, 2.45) is 0 Å². The van der Waals surface area contributed by atoms with Crippen molar-refractivity contribution < 1.29 is 23.0 Å². The van der Waals surface area contributed by atoms with Crippen LogP contribution in [0.4, 0.5) is 8.78 Å². The van der Waals surface area contributed by atoms with E-state index in [-0.39, 0.29) is 24.5 Å². The Balaban J connectivity index is 1.43. The van der Waals surface area contributed by atoms with Gasteiger partial charge in [0, 0.05) is 29.9 Å². The highest BCUT2D eigenvalue weighted by molar-refractivity contribution is 5.99. The fourth-order valence-corrected chi connectivity index (χ4v) is 3.26. The lowest BCUT2D eigenvalue weighted by atomic mass is 10.1. The lowest BCUT2D eigenvalue weighted by Crippen LogP contribution is -2.23. The van der Waals surface area contributed by atoms with Gasteiger partial charge in [0.1, 0.15) is 17.2 Å². The van der Waals surface area contributed by atoms with Crippen LogP contribution in [0, 0.1) is 11.6 Å². The van der Waals surface area contributed by atoms with Gasteiger partial charge < -0.3 is 14.8 Å². The van der Waals surface area contributed by atoms with Gasteiger partial charge in [-0.05, 0) is 30.3 Å². The molecular weight excluding hydrogens is 394 g/mol. The number of halogens is 2. The molecule has 0 radical (unpaired) electrons. The van der Waals surface area contributed by atoms with Crippen LogP contribution in [-0.2, 0) is 6.54 Å². The Kier molecular flexibility index (Phi) is 4.27. The molecular formula is C21H14F2N4O3. The highest BCUT2D eigenvalue weighted by Gasteiger charge is 2.19. The Morgan fingerprint density at radius 3 is 2.83 bits per heavy atom. The van der Waals surface area contributed by atoms with Gasteiger partial charge in [-0.15, -0.1) is 0 Å². The second-order valence-electron chi connectivity index (χ2n) is 6.61. The third-order valence-corrected chi connectivity index (χ3v) is 4.77. The molecule has 0 fully saturated rings. The summed E-state index contributed by atoms with van der Waals surface area (Å²) in [6.07, 6.45) is 2.97. The number of rotatable bonds is 4. The second kappa shape index (κ2) is 7.11. The number of carbonyl (C=O) groups is 1. The van der Waals surface area contributed by atoms with Crippen LogP contribution in [0.1, 0.15) is 15.9 Å². The van der Waals surface area contributed by atoms with Crippen LogP contribution in [0.15, 0.2) is 54.9 Å². The molecule has 1 N–H and O–H groups in total. The molecule has 0 saturated heterocycles. The molecule has 7 nitrogen and oxygen atoms in total. The first kappa shape index (κ1) is 18.0. The predicted octanol–water partition coefficient (Wildman–Crippen LogP) is 3.33. The van der Waals surface area contributed by atoms with Crippen LogP contribution in [0.3, 0.4) is 0 Å². The molecule has 4 aromatic rings. The Morgan fingerprint density at radius 1 is 1.10 bits per heavy atom. The summed E-state index contributed by atoms with van der Waals surface area (Å²) in [6, 6.07) is 10.5. The zero-order chi connectivity index (χ0) is 20.7. The van der Waals surface area contributed by atoms with Gasteiger partial charge in [0.25, 0.3) is 5.91 Å². The lowest BCUT2D eigenvalue weighted by molar-refractivity contribution is 0.0952. The largest absolute Gasteiger partial charge is 0.454 e. The number of nitrogens with zero attached hydrogens (tertiary/aromatic N) is 3. The fraction of sp³-hybridized carbons (Fsp3) is 0.0952. The van der Waals surface area contributed by atoms with E-state index in [9.17, 15) is 13.6 Å². The van der Waals surface area contributed by atoms with Crippen molar-refractivity contribution in [2.45, 2.75) is 6.54 Å². The number of nitrogens with one attached hydrogen (secondary N) is 1. The van der Waals surface area contributed by atoms with Crippen LogP contribution in [-0.4, -0.2) is 27.3 Å². The number of hydrogen-bond donors (Lipinski definition) is 1. The van der Waals surface area contributed by atoms with Crippen LogP contribution < -0.4 is 14.8 Å². The predicted molar refractivity (Wildman–Crippen MR) is 102 cm³/mol. The number of hydrogen-bond acceptors (Lipinski definition) is 5. The number of benzene rings is 2. The van der Waals surface area contributed by atoms with E-state index in [2.05, 4.69) is 15.4 Å². The molecule has 30 heavy (non-hydrogen) atoms. The van der Waals surface area contributed by atoms with E-state index < -0.39 is 17.5 Å².